The van der Waals surface area contributed by atoms with Crippen molar-refractivity contribution in [3.63, 3.8) is 0 Å². The SMILES string of the molecule is C.CC.CC1CCCCC1c1ccccc1. The van der Waals surface area contributed by atoms with Crippen LogP contribution in [0.25, 0.3) is 0 Å². The van der Waals surface area contributed by atoms with Crippen molar-refractivity contribution in [2.24, 2.45) is 5.92 Å². The van der Waals surface area contributed by atoms with Crippen LogP contribution in [0.4, 0.5) is 0 Å². The highest BCUT2D eigenvalue weighted by Gasteiger charge is 2.22. The van der Waals surface area contributed by atoms with Gasteiger partial charge in [-0.25, -0.2) is 0 Å². The van der Waals surface area contributed by atoms with Gasteiger partial charge in [-0.3, -0.25) is 0 Å². The van der Waals surface area contributed by atoms with E-state index in [9.17, 15) is 0 Å². The van der Waals surface area contributed by atoms with Crippen molar-refractivity contribution >= 4 is 0 Å². The fourth-order valence-corrected chi connectivity index (χ4v) is 2.51. The molecule has 0 N–H and O–H groups in total. The van der Waals surface area contributed by atoms with Gasteiger partial charge in [-0.15, -0.1) is 0 Å². The molecular formula is C16H28. The van der Waals surface area contributed by atoms with Crippen molar-refractivity contribution in [2.75, 3.05) is 0 Å². The number of hydrogen-bond acceptors (Lipinski definition) is 0. The van der Waals surface area contributed by atoms with E-state index in [4.69, 9.17) is 0 Å². The van der Waals surface area contributed by atoms with Crippen LogP contribution in [0.3, 0.4) is 0 Å². The molecule has 0 aliphatic heterocycles. The predicted molar refractivity (Wildman–Crippen MR) is 74.9 cm³/mol. The summed E-state index contributed by atoms with van der Waals surface area (Å²) in [7, 11) is 0. The van der Waals surface area contributed by atoms with E-state index in [0.717, 1.165) is 11.8 Å². The first-order chi connectivity index (χ1) is 7.38. The third-order valence-electron chi connectivity index (χ3n) is 3.34. The zero-order valence-corrected chi connectivity index (χ0v) is 10.4. The Hall–Kier alpha value is -0.780. The predicted octanol–water partition coefficient (Wildman–Crippen LogP) is 5.64. The molecule has 0 bridgehead atoms. The highest BCUT2D eigenvalue weighted by atomic mass is 14.3. The molecule has 1 fully saturated rings. The first-order valence-corrected chi connectivity index (χ1v) is 6.43. The fourth-order valence-electron chi connectivity index (χ4n) is 2.51. The molecule has 0 amide bonds. The van der Waals surface area contributed by atoms with Crippen LogP contribution in [0, 0.1) is 5.92 Å². The van der Waals surface area contributed by atoms with Gasteiger partial charge in [0.2, 0.25) is 0 Å². The second kappa shape index (κ2) is 8.38. The van der Waals surface area contributed by atoms with Gasteiger partial charge in [0.1, 0.15) is 0 Å². The van der Waals surface area contributed by atoms with E-state index in [2.05, 4.69) is 37.3 Å². The molecule has 92 valence electrons. The molecule has 1 saturated carbocycles. The number of hydrogen-bond donors (Lipinski definition) is 0. The van der Waals surface area contributed by atoms with E-state index in [0.29, 0.717) is 0 Å². The summed E-state index contributed by atoms with van der Waals surface area (Å²) in [5.41, 5.74) is 1.55. The van der Waals surface area contributed by atoms with Crippen molar-refractivity contribution in [3.05, 3.63) is 35.9 Å². The van der Waals surface area contributed by atoms with Gasteiger partial charge in [-0.2, -0.15) is 0 Å². The summed E-state index contributed by atoms with van der Waals surface area (Å²) < 4.78 is 0. The van der Waals surface area contributed by atoms with E-state index in [1.165, 1.54) is 25.7 Å². The molecule has 1 aromatic carbocycles. The lowest BCUT2D eigenvalue weighted by molar-refractivity contribution is 0.330. The third-order valence-corrected chi connectivity index (χ3v) is 3.34. The molecule has 0 saturated heterocycles. The van der Waals surface area contributed by atoms with Crippen LogP contribution in [0.2, 0.25) is 0 Å². The second-order valence-electron chi connectivity index (χ2n) is 4.28. The van der Waals surface area contributed by atoms with Gasteiger partial charge >= 0.3 is 0 Å². The maximum atomic E-state index is 2.40. The standard InChI is InChI=1S/C13H18.C2H6.CH4/c1-11-7-5-6-10-13(11)12-8-3-2-4-9-12;1-2;/h2-4,8-9,11,13H,5-7,10H2,1H3;1-2H3;1H4. The van der Waals surface area contributed by atoms with Crippen LogP contribution in [-0.4, -0.2) is 0 Å². The molecular weight excluding hydrogens is 192 g/mol. The fraction of sp³-hybridized carbons (Fsp3) is 0.625. The minimum atomic E-state index is 0. The van der Waals surface area contributed by atoms with Crippen molar-refractivity contribution in [2.45, 2.75) is 59.8 Å². The van der Waals surface area contributed by atoms with E-state index in [1.54, 1.807) is 5.56 Å². The third kappa shape index (κ3) is 4.00. The van der Waals surface area contributed by atoms with Gasteiger partial charge in [0.05, 0.1) is 0 Å². The summed E-state index contributed by atoms with van der Waals surface area (Å²) in [5.74, 6) is 1.71. The summed E-state index contributed by atoms with van der Waals surface area (Å²) in [5, 5.41) is 0. The monoisotopic (exact) mass is 220 g/mol. The quantitative estimate of drug-likeness (QED) is 0.574. The van der Waals surface area contributed by atoms with Gasteiger partial charge < -0.3 is 0 Å². The van der Waals surface area contributed by atoms with Gasteiger partial charge in [-0.05, 0) is 23.8 Å². The maximum Gasteiger partial charge on any atom is -0.0136 e. The largest absolute Gasteiger partial charge is 0.0776 e. The van der Waals surface area contributed by atoms with E-state index >= 15 is 0 Å². The maximum absolute atomic E-state index is 2.40. The Morgan fingerprint density at radius 2 is 1.50 bits per heavy atom. The topological polar surface area (TPSA) is 0 Å². The lowest BCUT2D eigenvalue weighted by Crippen LogP contribution is -2.14. The van der Waals surface area contributed by atoms with Gasteiger partial charge in [0.15, 0.2) is 0 Å². The Kier molecular flexibility index (Phi) is 7.97. The molecule has 2 atom stereocenters. The average molecular weight is 220 g/mol. The molecule has 2 unspecified atom stereocenters. The average Bonchev–Trinajstić information content (AvgIpc) is 2.33. The Balaban J connectivity index is 0.000000711. The second-order valence-corrected chi connectivity index (χ2v) is 4.28. The zero-order chi connectivity index (χ0) is 11.1. The minimum Gasteiger partial charge on any atom is -0.0776 e. The first kappa shape index (κ1) is 15.2. The van der Waals surface area contributed by atoms with Crippen LogP contribution in [0.15, 0.2) is 30.3 Å². The Labute approximate surface area is 102 Å². The van der Waals surface area contributed by atoms with Crippen LogP contribution in [0.1, 0.15) is 65.4 Å². The molecule has 0 heteroatoms. The lowest BCUT2D eigenvalue weighted by Gasteiger charge is -2.29. The normalized spacial score (nSPS) is 23.7. The summed E-state index contributed by atoms with van der Waals surface area (Å²) in [6, 6.07) is 11.0. The van der Waals surface area contributed by atoms with Crippen LogP contribution in [0.5, 0.6) is 0 Å². The zero-order valence-electron chi connectivity index (χ0n) is 10.4. The highest BCUT2D eigenvalue weighted by molar-refractivity contribution is 5.20. The van der Waals surface area contributed by atoms with E-state index < -0.39 is 0 Å². The molecule has 0 nitrogen and oxygen atoms in total. The van der Waals surface area contributed by atoms with E-state index in [1.807, 2.05) is 13.8 Å². The van der Waals surface area contributed by atoms with Gasteiger partial charge in [-0.1, -0.05) is 77.8 Å². The van der Waals surface area contributed by atoms with E-state index in [-0.39, 0.29) is 7.43 Å². The van der Waals surface area contributed by atoms with Crippen molar-refractivity contribution in [1.29, 1.82) is 0 Å². The summed E-state index contributed by atoms with van der Waals surface area (Å²) in [6.07, 6.45) is 5.67. The molecule has 0 aromatic heterocycles. The first-order valence-electron chi connectivity index (χ1n) is 6.43. The van der Waals surface area contributed by atoms with Crippen LogP contribution < -0.4 is 0 Å². The summed E-state index contributed by atoms with van der Waals surface area (Å²) >= 11 is 0. The van der Waals surface area contributed by atoms with Crippen molar-refractivity contribution in [3.8, 4) is 0 Å². The Bertz CT molecular complexity index is 250. The van der Waals surface area contributed by atoms with Crippen LogP contribution in [-0.2, 0) is 0 Å². The molecule has 1 aliphatic rings. The summed E-state index contributed by atoms with van der Waals surface area (Å²) in [6.45, 7) is 6.40. The molecule has 16 heavy (non-hydrogen) atoms. The Morgan fingerprint density at radius 1 is 0.938 bits per heavy atom. The molecule has 1 aromatic rings. The molecule has 2 rings (SSSR count). The molecule has 0 spiro atoms. The summed E-state index contributed by atoms with van der Waals surface area (Å²) in [4.78, 5) is 0. The van der Waals surface area contributed by atoms with Crippen molar-refractivity contribution in [1.82, 2.24) is 0 Å². The highest BCUT2D eigenvalue weighted by Crippen LogP contribution is 2.36. The molecule has 0 radical (unpaired) electrons. The smallest absolute Gasteiger partial charge is 0.0136 e. The molecule has 1 aliphatic carbocycles. The van der Waals surface area contributed by atoms with Crippen LogP contribution >= 0.6 is 0 Å². The minimum absolute atomic E-state index is 0. The van der Waals surface area contributed by atoms with Gasteiger partial charge in [0, 0.05) is 0 Å². The number of benzene rings is 1. The number of rotatable bonds is 1. The molecule has 0 heterocycles. The van der Waals surface area contributed by atoms with Gasteiger partial charge in [0.25, 0.3) is 0 Å². The Morgan fingerprint density at radius 3 is 2.06 bits per heavy atom. The lowest BCUT2D eigenvalue weighted by atomic mass is 9.76. The van der Waals surface area contributed by atoms with Crippen molar-refractivity contribution < 1.29 is 0 Å².